The van der Waals surface area contributed by atoms with Gasteiger partial charge in [0.25, 0.3) is 0 Å². The lowest BCUT2D eigenvalue weighted by Gasteiger charge is -1.91. The summed E-state index contributed by atoms with van der Waals surface area (Å²) in [7, 11) is 1.38. The van der Waals surface area contributed by atoms with Crippen LogP contribution in [0, 0.1) is 0 Å². The average Bonchev–Trinajstić information content (AvgIpc) is 2.95. The molecule has 84 valence electrons. The molecular formula is C11H11NO2S2. The smallest absolute Gasteiger partial charge is 0.349 e. The fourth-order valence-corrected chi connectivity index (χ4v) is 3.11. The molecule has 0 N–H and O–H groups in total. The highest BCUT2D eigenvalue weighted by Gasteiger charge is 2.12. The van der Waals surface area contributed by atoms with E-state index in [1.54, 1.807) is 17.5 Å². The van der Waals surface area contributed by atoms with Gasteiger partial charge in [0.2, 0.25) is 0 Å². The van der Waals surface area contributed by atoms with Gasteiger partial charge in [-0.05, 0) is 18.6 Å². The molecule has 0 fully saturated rings. The van der Waals surface area contributed by atoms with E-state index in [1.807, 2.05) is 6.07 Å². The van der Waals surface area contributed by atoms with E-state index in [2.05, 4.69) is 22.7 Å². The Kier molecular flexibility index (Phi) is 3.36. The van der Waals surface area contributed by atoms with Crippen molar-refractivity contribution in [2.75, 3.05) is 7.11 Å². The second-order valence-corrected chi connectivity index (χ2v) is 5.34. The van der Waals surface area contributed by atoms with E-state index in [0.717, 1.165) is 16.3 Å². The minimum atomic E-state index is -0.323. The number of carbonyl (C=O) groups excluding carboxylic acids is 1. The maximum absolute atomic E-state index is 11.3. The van der Waals surface area contributed by atoms with Gasteiger partial charge in [0.05, 0.1) is 18.2 Å². The zero-order valence-corrected chi connectivity index (χ0v) is 10.7. The van der Waals surface area contributed by atoms with Gasteiger partial charge in [0.1, 0.15) is 9.88 Å². The van der Waals surface area contributed by atoms with Gasteiger partial charge in [-0.3, -0.25) is 0 Å². The second-order valence-electron chi connectivity index (χ2n) is 3.14. The van der Waals surface area contributed by atoms with Gasteiger partial charge >= 0.3 is 5.97 Å². The molecule has 2 rings (SSSR count). The van der Waals surface area contributed by atoms with E-state index in [1.165, 1.54) is 23.3 Å². The van der Waals surface area contributed by atoms with Crippen LogP contribution in [0.2, 0.25) is 0 Å². The van der Waals surface area contributed by atoms with Crippen LogP contribution < -0.4 is 0 Å². The third-order valence-corrected chi connectivity index (χ3v) is 4.49. The number of methoxy groups -OCH3 is 1. The predicted octanol–water partition coefficient (Wildman–Crippen LogP) is 3.22. The number of aryl methyl sites for hydroxylation is 1. The summed E-state index contributed by atoms with van der Waals surface area (Å²) < 4.78 is 4.65. The maximum Gasteiger partial charge on any atom is 0.349 e. The average molecular weight is 253 g/mol. The van der Waals surface area contributed by atoms with Crippen LogP contribution in [0.1, 0.15) is 21.5 Å². The lowest BCUT2D eigenvalue weighted by molar-refractivity contribution is 0.0606. The molecule has 0 spiro atoms. The Hall–Kier alpha value is -1.20. The lowest BCUT2D eigenvalue weighted by atomic mass is 10.4. The molecule has 0 atom stereocenters. The number of thiazole rings is 1. The lowest BCUT2D eigenvalue weighted by Crippen LogP contribution is -1.96. The van der Waals surface area contributed by atoms with Crippen LogP contribution in [0.5, 0.6) is 0 Å². The second kappa shape index (κ2) is 4.76. The predicted molar refractivity (Wildman–Crippen MR) is 66.1 cm³/mol. The van der Waals surface area contributed by atoms with Crippen LogP contribution in [0.15, 0.2) is 18.3 Å². The molecule has 0 radical (unpaired) electrons. The number of hydrogen-bond acceptors (Lipinski definition) is 5. The SMILES string of the molecule is CCc1ccc(-c2ncc(C(=O)OC)s2)s1. The minimum absolute atomic E-state index is 0.323. The van der Waals surface area contributed by atoms with Crippen LogP contribution in [0.25, 0.3) is 9.88 Å². The Morgan fingerprint density at radius 3 is 2.88 bits per heavy atom. The van der Waals surface area contributed by atoms with Crippen LogP contribution in [0.4, 0.5) is 0 Å². The number of esters is 1. The van der Waals surface area contributed by atoms with Crippen molar-refractivity contribution in [1.29, 1.82) is 0 Å². The third-order valence-electron chi connectivity index (χ3n) is 2.11. The van der Waals surface area contributed by atoms with Crippen LogP contribution in [-0.4, -0.2) is 18.1 Å². The van der Waals surface area contributed by atoms with Gasteiger partial charge in [-0.25, -0.2) is 9.78 Å². The fourth-order valence-electron chi connectivity index (χ4n) is 1.27. The van der Waals surface area contributed by atoms with Crippen LogP contribution in [0.3, 0.4) is 0 Å². The molecule has 0 aromatic carbocycles. The molecule has 2 aromatic rings. The molecule has 0 aliphatic heterocycles. The molecule has 2 heterocycles. The van der Waals surface area contributed by atoms with Crippen LogP contribution >= 0.6 is 22.7 Å². The monoisotopic (exact) mass is 253 g/mol. The topological polar surface area (TPSA) is 39.2 Å². The molecule has 0 saturated carbocycles. The number of carbonyl (C=O) groups is 1. The minimum Gasteiger partial charge on any atom is -0.465 e. The number of hydrogen-bond donors (Lipinski definition) is 0. The van der Waals surface area contributed by atoms with Gasteiger partial charge in [0.15, 0.2) is 0 Å². The summed E-state index contributed by atoms with van der Waals surface area (Å²) in [5.74, 6) is -0.323. The van der Waals surface area contributed by atoms with E-state index in [0.29, 0.717) is 4.88 Å². The largest absolute Gasteiger partial charge is 0.465 e. The van der Waals surface area contributed by atoms with Gasteiger partial charge in [-0.15, -0.1) is 22.7 Å². The van der Waals surface area contributed by atoms with E-state index in [-0.39, 0.29) is 5.97 Å². The highest BCUT2D eigenvalue weighted by molar-refractivity contribution is 7.22. The summed E-state index contributed by atoms with van der Waals surface area (Å²) in [4.78, 5) is 18.5. The Labute approximate surface area is 102 Å². The summed E-state index contributed by atoms with van der Waals surface area (Å²) in [5.41, 5.74) is 0. The molecule has 0 amide bonds. The zero-order valence-electron chi connectivity index (χ0n) is 9.02. The van der Waals surface area contributed by atoms with Crippen molar-refractivity contribution in [3.05, 3.63) is 28.1 Å². The summed E-state index contributed by atoms with van der Waals surface area (Å²) in [6.45, 7) is 2.12. The van der Waals surface area contributed by atoms with Crippen molar-refractivity contribution in [2.45, 2.75) is 13.3 Å². The van der Waals surface area contributed by atoms with Crippen molar-refractivity contribution in [3.63, 3.8) is 0 Å². The normalized spacial score (nSPS) is 10.4. The third kappa shape index (κ3) is 2.15. The van der Waals surface area contributed by atoms with Crippen molar-refractivity contribution in [2.24, 2.45) is 0 Å². The first-order valence-electron chi connectivity index (χ1n) is 4.87. The van der Waals surface area contributed by atoms with Crippen molar-refractivity contribution in [3.8, 4) is 9.88 Å². The summed E-state index contributed by atoms with van der Waals surface area (Å²) >= 11 is 3.08. The number of rotatable bonds is 3. The van der Waals surface area contributed by atoms with Gasteiger partial charge < -0.3 is 4.74 Å². The molecule has 0 aliphatic carbocycles. The molecule has 3 nitrogen and oxygen atoms in total. The molecule has 2 aromatic heterocycles. The van der Waals surface area contributed by atoms with Gasteiger partial charge in [-0.1, -0.05) is 6.92 Å². The van der Waals surface area contributed by atoms with E-state index in [9.17, 15) is 4.79 Å². The van der Waals surface area contributed by atoms with Crippen LogP contribution in [-0.2, 0) is 11.2 Å². The molecule has 0 saturated heterocycles. The van der Waals surface area contributed by atoms with Crippen molar-refractivity contribution in [1.82, 2.24) is 4.98 Å². The maximum atomic E-state index is 11.3. The Bertz CT molecular complexity index is 502. The molecule has 16 heavy (non-hydrogen) atoms. The molecule has 0 bridgehead atoms. The first-order valence-corrected chi connectivity index (χ1v) is 6.51. The fraction of sp³-hybridized carbons (Fsp3) is 0.273. The van der Waals surface area contributed by atoms with Crippen molar-refractivity contribution >= 4 is 28.6 Å². The highest BCUT2D eigenvalue weighted by Crippen LogP contribution is 2.31. The summed E-state index contributed by atoms with van der Waals surface area (Å²) in [6, 6.07) is 4.14. The standard InChI is InChI=1S/C11H11NO2S2/c1-3-7-4-5-8(15-7)10-12-6-9(16-10)11(13)14-2/h4-6H,3H2,1-2H3. The Balaban J connectivity index is 2.27. The number of thiophene rings is 1. The summed E-state index contributed by atoms with van der Waals surface area (Å²) in [6.07, 6.45) is 2.59. The van der Waals surface area contributed by atoms with Gasteiger partial charge in [-0.2, -0.15) is 0 Å². The van der Waals surface area contributed by atoms with E-state index < -0.39 is 0 Å². The first kappa shape index (κ1) is 11.3. The van der Waals surface area contributed by atoms with E-state index >= 15 is 0 Å². The molecular weight excluding hydrogens is 242 g/mol. The molecule has 0 unspecified atom stereocenters. The molecule has 5 heteroatoms. The Morgan fingerprint density at radius 2 is 2.25 bits per heavy atom. The quantitative estimate of drug-likeness (QED) is 0.788. The number of aromatic nitrogens is 1. The first-order chi connectivity index (χ1) is 7.74. The van der Waals surface area contributed by atoms with Gasteiger partial charge in [0, 0.05) is 4.88 Å². The molecule has 0 aliphatic rings. The van der Waals surface area contributed by atoms with Crippen molar-refractivity contribution < 1.29 is 9.53 Å². The number of ether oxygens (including phenoxy) is 1. The zero-order chi connectivity index (χ0) is 11.5. The summed E-state index contributed by atoms with van der Waals surface area (Å²) in [5, 5.41) is 0.880. The Morgan fingerprint density at radius 1 is 1.44 bits per heavy atom. The highest BCUT2D eigenvalue weighted by atomic mass is 32.1. The van der Waals surface area contributed by atoms with E-state index in [4.69, 9.17) is 0 Å². The number of nitrogens with zero attached hydrogens (tertiary/aromatic N) is 1.